The van der Waals surface area contributed by atoms with E-state index < -0.39 is 90.3 Å². The van der Waals surface area contributed by atoms with E-state index in [0.717, 1.165) is 32.1 Å². The topological polar surface area (TPSA) is 387 Å². The molecule has 0 radical (unpaired) electrons. The fourth-order valence-electron chi connectivity index (χ4n) is 8.00. The molecule has 3 aliphatic rings. The fraction of sp³-hybridized carbons (Fsp3) is 0.619. The molecule has 1 aromatic carbocycles. The van der Waals surface area contributed by atoms with Gasteiger partial charge in [-0.1, -0.05) is 71.9 Å². The summed E-state index contributed by atoms with van der Waals surface area (Å²) in [6.45, 7) is -0.401. The number of aliphatic hydroxyl groups is 1. The number of nitrogens with zero attached hydrogens (tertiary/aromatic N) is 3. The first-order chi connectivity index (χ1) is 32.1. The van der Waals surface area contributed by atoms with E-state index in [1.54, 1.807) is 30.3 Å². The highest BCUT2D eigenvalue weighted by atomic mass is 33.1. The summed E-state index contributed by atoms with van der Waals surface area (Å²) < 4.78 is 0. The Balaban J connectivity index is 1.51. The first-order valence-corrected chi connectivity index (χ1v) is 25.0. The molecule has 3 fully saturated rings. The highest BCUT2D eigenvalue weighted by molar-refractivity contribution is 8.76. The van der Waals surface area contributed by atoms with Crippen molar-refractivity contribution in [3.63, 3.8) is 0 Å². The van der Waals surface area contributed by atoms with Crippen molar-refractivity contribution < 1.29 is 43.5 Å². The number of nitrogens with one attached hydrogen (secondary N) is 6. The van der Waals surface area contributed by atoms with E-state index >= 15 is 0 Å². The van der Waals surface area contributed by atoms with Gasteiger partial charge in [0.05, 0.1) is 6.61 Å². The summed E-state index contributed by atoms with van der Waals surface area (Å²) in [7, 11) is 2.59. The summed E-state index contributed by atoms with van der Waals surface area (Å²) in [5.74, 6) is -5.40. The van der Waals surface area contributed by atoms with Crippen LogP contribution in [0.2, 0.25) is 0 Å². The number of likely N-dealkylation sites (tertiary alicyclic amines) is 1. The molecule has 2 aliphatic heterocycles. The maximum atomic E-state index is 14.1. The van der Waals surface area contributed by atoms with Crippen LogP contribution in [0.1, 0.15) is 87.4 Å². The predicted octanol–water partition coefficient (Wildman–Crippen LogP) is -2.85. The molecule has 7 atom stereocenters. The third kappa shape index (κ3) is 17.7. The molecule has 8 amide bonds. The molecule has 1 aliphatic carbocycles. The van der Waals surface area contributed by atoms with Crippen molar-refractivity contribution in [3.05, 3.63) is 35.9 Å². The Bertz CT molecular complexity index is 1930. The number of rotatable bonds is 23. The Morgan fingerprint density at radius 3 is 1.88 bits per heavy atom. The summed E-state index contributed by atoms with van der Waals surface area (Å²) in [6, 6.07) is 0.220. The Labute approximate surface area is 397 Å². The fourth-order valence-corrected chi connectivity index (χ4v) is 10.3. The van der Waals surface area contributed by atoms with Crippen molar-refractivity contribution >= 4 is 80.8 Å². The van der Waals surface area contributed by atoms with E-state index in [1.165, 1.54) is 26.5 Å². The summed E-state index contributed by atoms with van der Waals surface area (Å²) in [4.78, 5) is 118. The SMILES string of the molecule is NC(=O)[C@@H]1CSSC[C@H](NC(=O)[C@H](CC2CCCCC2)NC(=O)[C@H](CO)NC(=O)[C@@H](CCCN=C(N)N)NC(=O)[C@@H](CCCN=C(N)N)NC(=O)[C@@H]2CCCN2C(=O)c2ccccc2)C(=O)N1. The smallest absolute Gasteiger partial charge is 0.254 e. The first kappa shape index (κ1) is 53.8. The number of carbonyl (C=O) groups is 8. The van der Waals surface area contributed by atoms with Gasteiger partial charge in [0.1, 0.15) is 42.3 Å². The molecule has 0 aromatic heterocycles. The number of amides is 8. The number of benzene rings is 1. The maximum Gasteiger partial charge on any atom is 0.254 e. The third-order valence-electron chi connectivity index (χ3n) is 11.6. The van der Waals surface area contributed by atoms with Crippen LogP contribution in [0.4, 0.5) is 0 Å². The molecular weight excluding hydrogens is 909 g/mol. The molecule has 4 rings (SSSR count). The molecule has 0 spiro atoms. The third-order valence-corrected chi connectivity index (χ3v) is 14.0. The molecule has 370 valence electrons. The monoisotopic (exact) mass is 974 g/mol. The number of guanidine groups is 2. The van der Waals surface area contributed by atoms with Gasteiger partial charge in [-0.05, 0) is 63.0 Å². The van der Waals surface area contributed by atoms with Gasteiger partial charge in [-0.3, -0.25) is 48.3 Å². The molecule has 1 saturated carbocycles. The highest BCUT2D eigenvalue weighted by Crippen LogP contribution is 2.28. The predicted molar refractivity (Wildman–Crippen MR) is 254 cm³/mol. The summed E-state index contributed by atoms with van der Waals surface area (Å²) in [5.41, 5.74) is 27.8. The summed E-state index contributed by atoms with van der Waals surface area (Å²) >= 11 is 0. The van der Waals surface area contributed by atoms with E-state index in [0.29, 0.717) is 24.9 Å². The van der Waals surface area contributed by atoms with E-state index in [2.05, 4.69) is 41.9 Å². The van der Waals surface area contributed by atoms with Crippen molar-refractivity contribution in [1.29, 1.82) is 0 Å². The standard InChI is InChI=1S/C42H66N14O9S2/c43-33(58)30-22-66-67-23-31(38(63)54-30)55-36(61)28(20-24-10-3-1-4-11-24)52-37(62)29(21-57)53-35(60)26(14-7-17-48-41(44)45)50-34(59)27(15-8-18-49-42(46)47)51-39(64)32-16-9-19-56(32)40(65)25-12-5-2-6-13-25/h2,5-6,12-13,24,26-32,57H,1,3-4,7-11,14-23H2,(H2,43,58)(H,50,59)(H,51,64)(H,52,62)(H,53,60)(H,54,63)(H,55,61)(H4,44,45,48)(H4,46,47,49)/t26-,27-,28+,29+,30+,31+,32+/m1/s1. The van der Waals surface area contributed by atoms with Gasteiger partial charge < -0.3 is 70.6 Å². The maximum absolute atomic E-state index is 14.1. The lowest BCUT2D eigenvalue weighted by atomic mass is 9.84. The van der Waals surface area contributed by atoms with Gasteiger partial charge in [0.25, 0.3) is 5.91 Å². The Kier molecular flexibility index (Phi) is 22.3. The molecule has 67 heavy (non-hydrogen) atoms. The van der Waals surface area contributed by atoms with Crippen LogP contribution in [0.15, 0.2) is 40.3 Å². The van der Waals surface area contributed by atoms with Gasteiger partial charge in [0, 0.05) is 36.7 Å². The molecular formula is C42H66N14O9S2. The number of hydrogen-bond acceptors (Lipinski definition) is 13. The normalized spacial score (nSPS) is 20.5. The highest BCUT2D eigenvalue weighted by Gasteiger charge is 2.38. The number of aliphatic hydroxyl groups excluding tert-OH is 1. The van der Waals surface area contributed by atoms with Crippen LogP contribution in [-0.2, 0) is 33.6 Å². The summed E-state index contributed by atoms with van der Waals surface area (Å²) in [5, 5.41) is 26.3. The van der Waals surface area contributed by atoms with Crippen molar-refractivity contribution in [2.24, 2.45) is 44.6 Å². The van der Waals surface area contributed by atoms with Gasteiger partial charge in [-0.2, -0.15) is 0 Å². The van der Waals surface area contributed by atoms with Crippen LogP contribution in [-0.4, -0.2) is 149 Å². The molecule has 23 nitrogen and oxygen atoms in total. The molecule has 0 bridgehead atoms. The van der Waals surface area contributed by atoms with Crippen LogP contribution in [0.5, 0.6) is 0 Å². The second kappa shape index (κ2) is 27.7. The second-order valence-electron chi connectivity index (χ2n) is 16.7. The molecule has 2 heterocycles. The Hall–Kier alpha value is -5.82. The van der Waals surface area contributed by atoms with Gasteiger partial charge in [-0.25, -0.2) is 0 Å². The zero-order valence-corrected chi connectivity index (χ0v) is 39.1. The Morgan fingerprint density at radius 1 is 0.716 bits per heavy atom. The minimum Gasteiger partial charge on any atom is -0.394 e. The van der Waals surface area contributed by atoms with Gasteiger partial charge in [-0.15, -0.1) is 0 Å². The van der Waals surface area contributed by atoms with Gasteiger partial charge in [0.15, 0.2) is 11.9 Å². The van der Waals surface area contributed by atoms with Crippen LogP contribution < -0.4 is 60.6 Å². The van der Waals surface area contributed by atoms with E-state index in [9.17, 15) is 43.5 Å². The van der Waals surface area contributed by atoms with Crippen molar-refractivity contribution in [3.8, 4) is 0 Å². The quantitative estimate of drug-likeness (QED) is 0.0227. The minimum absolute atomic E-state index is 0.0218. The number of nitrogens with two attached hydrogens (primary N) is 5. The van der Waals surface area contributed by atoms with E-state index in [-0.39, 0.29) is 80.4 Å². The van der Waals surface area contributed by atoms with Crippen LogP contribution in [0, 0.1) is 5.92 Å². The molecule has 17 N–H and O–H groups in total. The van der Waals surface area contributed by atoms with Crippen LogP contribution in [0.25, 0.3) is 0 Å². The lowest BCUT2D eigenvalue weighted by Gasteiger charge is -2.30. The number of aliphatic imine (C=N–C) groups is 2. The average Bonchev–Trinajstić information content (AvgIpc) is 3.80. The van der Waals surface area contributed by atoms with Crippen LogP contribution >= 0.6 is 21.6 Å². The Morgan fingerprint density at radius 2 is 1.28 bits per heavy atom. The first-order valence-electron chi connectivity index (χ1n) is 22.5. The van der Waals surface area contributed by atoms with Gasteiger partial charge >= 0.3 is 0 Å². The molecule has 0 unspecified atom stereocenters. The number of carbonyl (C=O) groups excluding carboxylic acids is 8. The van der Waals surface area contributed by atoms with Crippen molar-refractivity contribution in [2.45, 2.75) is 119 Å². The minimum atomic E-state index is -1.61. The average molecular weight is 975 g/mol. The van der Waals surface area contributed by atoms with E-state index in [4.69, 9.17) is 28.7 Å². The zero-order valence-electron chi connectivity index (χ0n) is 37.5. The number of primary amides is 1. The van der Waals surface area contributed by atoms with Crippen molar-refractivity contribution in [2.75, 3.05) is 37.7 Å². The van der Waals surface area contributed by atoms with Crippen LogP contribution in [0.3, 0.4) is 0 Å². The zero-order chi connectivity index (χ0) is 48.9. The summed E-state index contributed by atoms with van der Waals surface area (Å²) in [6.07, 6.45) is 5.97. The largest absolute Gasteiger partial charge is 0.394 e. The second-order valence-corrected chi connectivity index (χ2v) is 19.2. The molecule has 1 aromatic rings. The number of hydrogen-bond donors (Lipinski definition) is 12. The van der Waals surface area contributed by atoms with Crippen molar-refractivity contribution in [1.82, 2.24) is 36.8 Å². The molecule has 2 saturated heterocycles. The lowest BCUT2D eigenvalue weighted by molar-refractivity contribution is -0.136. The van der Waals surface area contributed by atoms with Gasteiger partial charge in [0.2, 0.25) is 41.4 Å². The lowest BCUT2D eigenvalue weighted by Crippen LogP contribution is -2.61. The molecule has 25 heteroatoms. The van der Waals surface area contributed by atoms with E-state index in [1.807, 2.05) is 0 Å².